The highest BCUT2D eigenvalue weighted by Gasteiger charge is 2.15. The molecule has 138 valence electrons. The summed E-state index contributed by atoms with van der Waals surface area (Å²) in [4.78, 5) is 12.0. The SMILES string of the molecule is Cc1cccc(Oc2ccc(NC(=O)CCOCC3CCCO3)cc2)c1. The second-order valence-corrected chi connectivity index (χ2v) is 6.45. The van der Waals surface area contributed by atoms with Gasteiger partial charge < -0.3 is 19.5 Å². The lowest BCUT2D eigenvalue weighted by Gasteiger charge is -2.10. The molecule has 0 radical (unpaired) electrons. The Morgan fingerprint density at radius 3 is 2.77 bits per heavy atom. The van der Waals surface area contributed by atoms with Gasteiger partial charge in [-0.05, 0) is 61.7 Å². The van der Waals surface area contributed by atoms with Gasteiger partial charge in [0.1, 0.15) is 11.5 Å². The van der Waals surface area contributed by atoms with Crippen LogP contribution < -0.4 is 10.1 Å². The quantitative estimate of drug-likeness (QED) is 0.717. The molecular weight excluding hydrogens is 330 g/mol. The summed E-state index contributed by atoms with van der Waals surface area (Å²) in [6.45, 7) is 3.81. The number of aryl methyl sites for hydroxylation is 1. The van der Waals surface area contributed by atoms with E-state index in [1.165, 1.54) is 0 Å². The van der Waals surface area contributed by atoms with E-state index in [-0.39, 0.29) is 12.0 Å². The number of carbonyl (C=O) groups is 1. The number of ether oxygens (including phenoxy) is 3. The van der Waals surface area contributed by atoms with E-state index in [1.807, 2.05) is 55.5 Å². The molecule has 1 heterocycles. The van der Waals surface area contributed by atoms with Crippen molar-refractivity contribution in [1.29, 1.82) is 0 Å². The maximum absolute atomic E-state index is 12.0. The van der Waals surface area contributed by atoms with Crippen LogP contribution in [-0.2, 0) is 14.3 Å². The van der Waals surface area contributed by atoms with Gasteiger partial charge >= 0.3 is 0 Å². The average Bonchev–Trinajstić information content (AvgIpc) is 3.14. The molecule has 2 aromatic rings. The van der Waals surface area contributed by atoms with Crippen LogP contribution in [0.1, 0.15) is 24.8 Å². The molecule has 1 saturated heterocycles. The minimum Gasteiger partial charge on any atom is -0.457 e. The Morgan fingerprint density at radius 2 is 2.04 bits per heavy atom. The summed E-state index contributed by atoms with van der Waals surface area (Å²) in [7, 11) is 0. The minimum atomic E-state index is -0.0651. The van der Waals surface area contributed by atoms with Gasteiger partial charge in [-0.25, -0.2) is 0 Å². The maximum atomic E-state index is 12.0. The minimum absolute atomic E-state index is 0.0651. The van der Waals surface area contributed by atoms with Gasteiger partial charge in [0, 0.05) is 12.3 Å². The highest BCUT2D eigenvalue weighted by Crippen LogP contribution is 2.23. The maximum Gasteiger partial charge on any atom is 0.226 e. The molecule has 0 saturated carbocycles. The van der Waals surface area contributed by atoms with Crippen LogP contribution >= 0.6 is 0 Å². The molecule has 0 spiro atoms. The van der Waals surface area contributed by atoms with Crippen LogP contribution in [0.4, 0.5) is 5.69 Å². The number of hydrogen-bond acceptors (Lipinski definition) is 4. The largest absolute Gasteiger partial charge is 0.457 e. The van der Waals surface area contributed by atoms with Crippen molar-refractivity contribution in [3.05, 3.63) is 54.1 Å². The van der Waals surface area contributed by atoms with Crippen molar-refractivity contribution in [2.24, 2.45) is 0 Å². The molecule has 5 nitrogen and oxygen atoms in total. The molecule has 3 rings (SSSR count). The van der Waals surface area contributed by atoms with E-state index >= 15 is 0 Å². The molecule has 1 aliphatic rings. The Labute approximate surface area is 154 Å². The molecule has 1 fully saturated rings. The van der Waals surface area contributed by atoms with E-state index in [0.29, 0.717) is 19.6 Å². The molecule has 2 aromatic carbocycles. The molecule has 1 atom stereocenters. The molecule has 1 aliphatic heterocycles. The first-order valence-electron chi connectivity index (χ1n) is 9.03. The number of carbonyl (C=O) groups excluding carboxylic acids is 1. The predicted molar refractivity (Wildman–Crippen MR) is 101 cm³/mol. The van der Waals surface area contributed by atoms with Crippen LogP contribution in [0.3, 0.4) is 0 Å². The lowest BCUT2D eigenvalue weighted by Crippen LogP contribution is -2.18. The Kier molecular flexibility index (Phi) is 6.63. The first kappa shape index (κ1) is 18.4. The van der Waals surface area contributed by atoms with Gasteiger partial charge in [0.2, 0.25) is 5.91 Å². The number of hydrogen-bond donors (Lipinski definition) is 1. The highest BCUT2D eigenvalue weighted by atomic mass is 16.5. The zero-order valence-corrected chi connectivity index (χ0v) is 15.1. The summed E-state index contributed by atoms with van der Waals surface area (Å²) in [5.41, 5.74) is 1.89. The summed E-state index contributed by atoms with van der Waals surface area (Å²) >= 11 is 0. The van der Waals surface area contributed by atoms with E-state index in [9.17, 15) is 4.79 Å². The number of rotatable bonds is 8. The molecule has 26 heavy (non-hydrogen) atoms. The van der Waals surface area contributed by atoms with Crippen molar-refractivity contribution in [2.75, 3.05) is 25.1 Å². The van der Waals surface area contributed by atoms with E-state index in [1.54, 1.807) is 0 Å². The first-order chi connectivity index (χ1) is 12.7. The Morgan fingerprint density at radius 1 is 1.19 bits per heavy atom. The molecule has 0 aromatic heterocycles. The lowest BCUT2D eigenvalue weighted by atomic mass is 10.2. The summed E-state index contributed by atoms with van der Waals surface area (Å²) < 4.78 is 16.8. The van der Waals surface area contributed by atoms with Gasteiger partial charge in [-0.15, -0.1) is 0 Å². The normalized spacial score (nSPS) is 16.4. The number of amides is 1. The average molecular weight is 355 g/mol. The molecular formula is C21H25NO4. The number of benzene rings is 2. The van der Waals surface area contributed by atoms with Gasteiger partial charge in [-0.3, -0.25) is 4.79 Å². The zero-order chi connectivity index (χ0) is 18.2. The number of nitrogens with one attached hydrogen (secondary N) is 1. The molecule has 1 amide bonds. The van der Waals surface area contributed by atoms with E-state index in [2.05, 4.69) is 5.32 Å². The van der Waals surface area contributed by atoms with E-state index < -0.39 is 0 Å². The summed E-state index contributed by atoms with van der Waals surface area (Å²) in [6.07, 6.45) is 2.66. The third-order valence-electron chi connectivity index (χ3n) is 4.16. The second kappa shape index (κ2) is 9.36. The molecule has 5 heteroatoms. The molecule has 0 aliphatic carbocycles. The molecule has 1 unspecified atom stereocenters. The second-order valence-electron chi connectivity index (χ2n) is 6.45. The van der Waals surface area contributed by atoms with Crippen molar-refractivity contribution in [2.45, 2.75) is 32.3 Å². The Bertz CT molecular complexity index is 708. The summed E-state index contributed by atoms with van der Waals surface area (Å²) in [5, 5.41) is 2.86. The van der Waals surface area contributed by atoms with Crippen LogP contribution in [0.15, 0.2) is 48.5 Å². The van der Waals surface area contributed by atoms with Crippen molar-refractivity contribution < 1.29 is 19.0 Å². The van der Waals surface area contributed by atoms with E-state index in [4.69, 9.17) is 14.2 Å². The zero-order valence-electron chi connectivity index (χ0n) is 15.1. The monoisotopic (exact) mass is 355 g/mol. The van der Waals surface area contributed by atoms with Crippen LogP contribution in [-0.4, -0.2) is 31.8 Å². The van der Waals surface area contributed by atoms with Gasteiger partial charge in [-0.1, -0.05) is 12.1 Å². The molecule has 1 N–H and O–H groups in total. The van der Waals surface area contributed by atoms with Crippen molar-refractivity contribution in [3.8, 4) is 11.5 Å². The van der Waals surface area contributed by atoms with Crippen LogP contribution in [0.25, 0.3) is 0 Å². The van der Waals surface area contributed by atoms with Gasteiger partial charge in [-0.2, -0.15) is 0 Å². The smallest absolute Gasteiger partial charge is 0.226 e. The fourth-order valence-electron chi connectivity index (χ4n) is 2.80. The van der Waals surface area contributed by atoms with Crippen LogP contribution in [0.5, 0.6) is 11.5 Å². The van der Waals surface area contributed by atoms with Gasteiger partial charge in [0.25, 0.3) is 0 Å². The lowest BCUT2D eigenvalue weighted by molar-refractivity contribution is -0.117. The van der Waals surface area contributed by atoms with Crippen molar-refractivity contribution in [1.82, 2.24) is 0 Å². The van der Waals surface area contributed by atoms with Gasteiger partial charge in [0.15, 0.2) is 0 Å². The van der Waals surface area contributed by atoms with E-state index in [0.717, 1.165) is 42.2 Å². The summed E-state index contributed by atoms with van der Waals surface area (Å²) in [6, 6.07) is 15.2. The fourth-order valence-corrected chi connectivity index (χ4v) is 2.80. The Balaban J connectivity index is 1.39. The third kappa shape index (κ3) is 5.86. The van der Waals surface area contributed by atoms with Crippen LogP contribution in [0.2, 0.25) is 0 Å². The van der Waals surface area contributed by atoms with Crippen molar-refractivity contribution in [3.63, 3.8) is 0 Å². The standard InChI is InChI=1S/C21H25NO4/c1-16-4-2-5-19(14-16)26-18-9-7-17(8-10-18)22-21(23)11-13-24-15-20-6-3-12-25-20/h2,4-5,7-10,14,20H,3,6,11-13,15H2,1H3,(H,22,23). The fraction of sp³-hybridized carbons (Fsp3) is 0.381. The van der Waals surface area contributed by atoms with Crippen molar-refractivity contribution >= 4 is 11.6 Å². The third-order valence-corrected chi connectivity index (χ3v) is 4.16. The predicted octanol–water partition coefficient (Wildman–Crippen LogP) is 4.31. The molecule has 0 bridgehead atoms. The van der Waals surface area contributed by atoms with Gasteiger partial charge in [0.05, 0.1) is 25.7 Å². The summed E-state index contributed by atoms with van der Waals surface area (Å²) in [5.74, 6) is 1.46. The number of anilines is 1. The Hall–Kier alpha value is -2.37. The highest BCUT2D eigenvalue weighted by molar-refractivity contribution is 5.90. The van der Waals surface area contributed by atoms with Crippen LogP contribution in [0, 0.1) is 6.92 Å². The topological polar surface area (TPSA) is 56.8 Å². The first-order valence-corrected chi connectivity index (χ1v) is 9.03.